The molecule has 0 bridgehead atoms. The number of hydrogen-bond acceptors (Lipinski definition) is 8. The fraction of sp³-hybridized carbons (Fsp3) is 0.500. The zero-order chi connectivity index (χ0) is 31.2. The molecule has 0 amide bonds. The Bertz CT molecular complexity index is 1260. The lowest BCUT2D eigenvalue weighted by Gasteiger charge is -2.33. The van der Waals surface area contributed by atoms with Gasteiger partial charge in [0, 0.05) is 7.11 Å². The van der Waals surface area contributed by atoms with Crippen molar-refractivity contribution in [2.75, 3.05) is 93.0 Å². The predicted molar refractivity (Wildman–Crippen MR) is 171 cm³/mol. The number of hydrogen-bond donors (Lipinski definition) is 1. The molecule has 1 aliphatic carbocycles. The van der Waals surface area contributed by atoms with E-state index in [4.69, 9.17) is 38.3 Å². The highest BCUT2D eigenvalue weighted by atomic mass is 16.6. The van der Waals surface area contributed by atoms with E-state index in [0.29, 0.717) is 79.3 Å². The molecule has 3 aromatic rings. The Balaban J connectivity index is 1.50. The van der Waals surface area contributed by atoms with Crippen molar-refractivity contribution >= 4 is 0 Å². The summed E-state index contributed by atoms with van der Waals surface area (Å²) in [5, 5.41) is 8.86. The number of aryl methyl sites for hydroxylation is 3. The van der Waals surface area contributed by atoms with Gasteiger partial charge in [0.1, 0.15) is 12.4 Å². The minimum Gasteiger partial charge on any atom is -0.491 e. The van der Waals surface area contributed by atoms with E-state index in [1.807, 2.05) is 0 Å². The van der Waals surface area contributed by atoms with Crippen LogP contribution in [-0.2, 0) is 33.8 Å². The fourth-order valence-corrected chi connectivity index (χ4v) is 5.67. The first-order valence-corrected chi connectivity index (χ1v) is 15.5. The molecule has 0 atom stereocenters. The average molecular weight is 609 g/mol. The van der Waals surface area contributed by atoms with Crippen LogP contribution in [0.4, 0.5) is 0 Å². The van der Waals surface area contributed by atoms with Gasteiger partial charge < -0.3 is 38.3 Å². The zero-order valence-electron chi connectivity index (χ0n) is 26.7. The Kier molecular flexibility index (Phi) is 13.6. The van der Waals surface area contributed by atoms with E-state index >= 15 is 0 Å². The van der Waals surface area contributed by atoms with Crippen molar-refractivity contribution in [3.63, 3.8) is 0 Å². The molecule has 8 heteroatoms. The van der Waals surface area contributed by atoms with Gasteiger partial charge in [0.2, 0.25) is 0 Å². The van der Waals surface area contributed by atoms with Crippen molar-refractivity contribution in [2.24, 2.45) is 0 Å². The van der Waals surface area contributed by atoms with Crippen molar-refractivity contribution in [1.82, 2.24) is 0 Å². The van der Waals surface area contributed by atoms with E-state index in [9.17, 15) is 0 Å². The monoisotopic (exact) mass is 608 g/mol. The van der Waals surface area contributed by atoms with E-state index in [0.717, 1.165) is 11.3 Å². The van der Waals surface area contributed by atoms with Crippen molar-refractivity contribution in [1.29, 1.82) is 0 Å². The van der Waals surface area contributed by atoms with Crippen LogP contribution in [0.15, 0.2) is 54.6 Å². The third kappa shape index (κ3) is 8.67. The molecule has 0 fully saturated rings. The summed E-state index contributed by atoms with van der Waals surface area (Å²) in [6, 6.07) is 19.9. The summed E-state index contributed by atoms with van der Waals surface area (Å²) < 4.78 is 39.6. The average Bonchev–Trinajstić information content (AvgIpc) is 3.28. The van der Waals surface area contributed by atoms with Crippen molar-refractivity contribution in [3.8, 4) is 16.9 Å². The molecule has 0 spiro atoms. The van der Waals surface area contributed by atoms with Gasteiger partial charge in [-0.2, -0.15) is 0 Å². The number of methoxy groups -OCH3 is 1. The van der Waals surface area contributed by atoms with Crippen LogP contribution in [0.2, 0.25) is 0 Å². The Morgan fingerprint density at radius 2 is 1.09 bits per heavy atom. The first kappa shape index (κ1) is 34.1. The summed E-state index contributed by atoms with van der Waals surface area (Å²) in [6.07, 6.45) is 0. The summed E-state index contributed by atoms with van der Waals surface area (Å²) in [4.78, 5) is 0. The molecule has 0 saturated heterocycles. The topological polar surface area (TPSA) is 84.8 Å². The summed E-state index contributed by atoms with van der Waals surface area (Å²) in [5.41, 5.74) is 9.17. The lowest BCUT2D eigenvalue weighted by molar-refractivity contribution is 0.00348. The third-order valence-electron chi connectivity index (χ3n) is 7.81. The predicted octanol–water partition coefficient (Wildman–Crippen LogP) is 5.03. The zero-order valence-corrected chi connectivity index (χ0v) is 26.7. The first-order valence-electron chi connectivity index (χ1n) is 15.5. The maximum atomic E-state index is 8.86. The molecule has 1 N–H and O–H groups in total. The summed E-state index contributed by atoms with van der Waals surface area (Å²) in [6.45, 7) is 12.2. The molecule has 44 heavy (non-hydrogen) atoms. The standard InChI is InChI=1S/C36H48O8/c1-27-5-8-31-32-9-6-28(2)24-34(32)36(33(31)23-27,26-43-20-19-41-16-15-39-12-11-37)30-7-10-35(29(3)25-30)44-22-21-42-18-17-40-14-13-38-4/h5-10,23-25,37H,11-22,26H2,1-4H3. The van der Waals surface area contributed by atoms with E-state index in [1.54, 1.807) is 7.11 Å². The SMILES string of the molecule is COCCOCCOCCOc1ccc(C2(COCCOCCOCCO)c3cc(C)ccc3-c3ccc(C)cc32)cc1C. The normalized spacial score (nSPS) is 13.2. The van der Waals surface area contributed by atoms with Crippen LogP contribution in [0.25, 0.3) is 11.1 Å². The lowest BCUT2D eigenvalue weighted by atomic mass is 9.72. The molecule has 0 radical (unpaired) electrons. The minimum atomic E-state index is -0.484. The molecular formula is C36H48O8. The second kappa shape index (κ2) is 17.6. The molecule has 240 valence electrons. The molecule has 0 heterocycles. The largest absolute Gasteiger partial charge is 0.491 e. The molecule has 3 aromatic carbocycles. The first-order chi connectivity index (χ1) is 21.5. The maximum Gasteiger partial charge on any atom is 0.122 e. The van der Waals surface area contributed by atoms with Crippen LogP contribution in [0.5, 0.6) is 5.75 Å². The van der Waals surface area contributed by atoms with E-state index < -0.39 is 5.41 Å². The number of fused-ring (bicyclic) bond motifs is 3. The highest BCUT2D eigenvalue weighted by molar-refractivity contribution is 5.84. The Hall–Kier alpha value is -2.82. The number of rotatable bonds is 21. The maximum absolute atomic E-state index is 8.86. The molecule has 0 aromatic heterocycles. The van der Waals surface area contributed by atoms with Gasteiger partial charge in [-0.3, -0.25) is 0 Å². The number of aliphatic hydroxyl groups excluding tert-OH is 1. The van der Waals surface area contributed by atoms with Gasteiger partial charge in [0.15, 0.2) is 0 Å². The van der Waals surface area contributed by atoms with Gasteiger partial charge in [-0.25, -0.2) is 0 Å². The van der Waals surface area contributed by atoms with Gasteiger partial charge in [0.05, 0.1) is 84.7 Å². The molecule has 8 nitrogen and oxygen atoms in total. The highest BCUT2D eigenvalue weighted by Crippen LogP contribution is 2.53. The Labute approximate surface area is 262 Å². The molecule has 4 rings (SSSR count). The lowest BCUT2D eigenvalue weighted by Crippen LogP contribution is -2.33. The van der Waals surface area contributed by atoms with E-state index in [-0.39, 0.29) is 6.61 Å². The number of benzene rings is 3. The van der Waals surface area contributed by atoms with Gasteiger partial charge >= 0.3 is 0 Å². The van der Waals surface area contributed by atoms with Crippen molar-refractivity contribution < 1.29 is 38.3 Å². The smallest absolute Gasteiger partial charge is 0.122 e. The quantitative estimate of drug-likeness (QED) is 0.169. The van der Waals surface area contributed by atoms with Crippen LogP contribution in [0, 0.1) is 20.8 Å². The summed E-state index contributed by atoms with van der Waals surface area (Å²) in [5.74, 6) is 0.841. The third-order valence-corrected chi connectivity index (χ3v) is 7.81. The van der Waals surface area contributed by atoms with Gasteiger partial charge in [-0.05, 0) is 60.2 Å². The minimum absolute atomic E-state index is 0.0138. The molecule has 1 aliphatic rings. The molecule has 0 unspecified atom stereocenters. The highest BCUT2D eigenvalue weighted by Gasteiger charge is 2.45. The Morgan fingerprint density at radius 3 is 1.64 bits per heavy atom. The van der Waals surface area contributed by atoms with Crippen LogP contribution in [-0.4, -0.2) is 98.1 Å². The van der Waals surface area contributed by atoms with Gasteiger partial charge in [0.25, 0.3) is 0 Å². The van der Waals surface area contributed by atoms with E-state index in [2.05, 4.69) is 75.4 Å². The van der Waals surface area contributed by atoms with Crippen LogP contribution >= 0.6 is 0 Å². The van der Waals surface area contributed by atoms with E-state index in [1.165, 1.54) is 38.9 Å². The van der Waals surface area contributed by atoms with Crippen LogP contribution < -0.4 is 4.74 Å². The van der Waals surface area contributed by atoms with Gasteiger partial charge in [-0.15, -0.1) is 0 Å². The van der Waals surface area contributed by atoms with Gasteiger partial charge in [-0.1, -0.05) is 59.7 Å². The summed E-state index contributed by atoms with van der Waals surface area (Å²) in [7, 11) is 1.66. The summed E-state index contributed by atoms with van der Waals surface area (Å²) >= 11 is 0. The molecule has 0 saturated carbocycles. The molecule has 0 aliphatic heterocycles. The second-order valence-corrected chi connectivity index (χ2v) is 11.1. The van der Waals surface area contributed by atoms with Crippen LogP contribution in [0.3, 0.4) is 0 Å². The van der Waals surface area contributed by atoms with Crippen molar-refractivity contribution in [3.05, 3.63) is 88.0 Å². The second-order valence-electron chi connectivity index (χ2n) is 11.1. The Morgan fingerprint density at radius 1 is 0.568 bits per heavy atom. The number of ether oxygens (including phenoxy) is 7. The fourth-order valence-electron chi connectivity index (χ4n) is 5.67. The molecular weight excluding hydrogens is 560 g/mol. The number of aliphatic hydroxyl groups is 1. The van der Waals surface area contributed by atoms with Crippen molar-refractivity contribution in [2.45, 2.75) is 26.2 Å². The van der Waals surface area contributed by atoms with Crippen LogP contribution in [0.1, 0.15) is 33.4 Å².